The number of hydrogen-bond acceptors (Lipinski definition) is 5. The Kier molecular flexibility index (Phi) is 4.94. The number of halogens is 1. The Hall–Kier alpha value is -3.26. The van der Waals surface area contributed by atoms with Crippen LogP contribution in [0.5, 0.6) is 11.5 Å². The van der Waals surface area contributed by atoms with Crippen molar-refractivity contribution < 1.29 is 13.9 Å². The van der Waals surface area contributed by atoms with Crippen LogP contribution >= 0.6 is 0 Å². The van der Waals surface area contributed by atoms with Gasteiger partial charge in [-0.15, -0.1) is 0 Å². The molecule has 1 amide bonds. The largest absolute Gasteiger partial charge is 0.453 e. The monoisotopic (exact) mass is 421 g/mol. The van der Waals surface area contributed by atoms with Gasteiger partial charge in [-0.05, 0) is 48.1 Å². The molecule has 2 atom stereocenters. The van der Waals surface area contributed by atoms with Crippen molar-refractivity contribution in [2.75, 3.05) is 26.2 Å². The zero-order valence-corrected chi connectivity index (χ0v) is 17.2. The average molecular weight is 421 g/mol. The van der Waals surface area contributed by atoms with E-state index in [1.807, 2.05) is 13.1 Å². The number of rotatable bonds is 5. The summed E-state index contributed by atoms with van der Waals surface area (Å²) < 4.78 is 20.6. The Bertz CT molecular complexity index is 1160. The molecular weight excluding hydrogens is 397 g/mol. The molecule has 2 saturated heterocycles. The van der Waals surface area contributed by atoms with E-state index in [-0.39, 0.29) is 23.8 Å². The second-order valence-corrected chi connectivity index (χ2v) is 8.42. The van der Waals surface area contributed by atoms with Crippen LogP contribution in [0.25, 0.3) is 11.0 Å². The number of H-pyrrole nitrogens is 1. The summed E-state index contributed by atoms with van der Waals surface area (Å²) in [5, 5.41) is 12.4. The SMILES string of the molecule is Cc1c[nH]c2nccc(Oc3ccc(CC(=N)C(=O)N4C[C@H]5CNC[C@H]5C4)cc3F)c12. The Labute approximate surface area is 179 Å². The molecule has 2 aliphatic rings. The Morgan fingerprint density at radius 1 is 1.26 bits per heavy atom. The molecule has 8 heteroatoms. The maximum Gasteiger partial charge on any atom is 0.267 e. The molecule has 0 unspecified atom stereocenters. The zero-order valence-electron chi connectivity index (χ0n) is 17.2. The van der Waals surface area contributed by atoms with Crippen molar-refractivity contribution in [2.45, 2.75) is 13.3 Å². The molecule has 7 nitrogen and oxygen atoms in total. The number of hydrogen-bond donors (Lipinski definition) is 3. The number of carbonyl (C=O) groups excluding carboxylic acids is 1. The lowest BCUT2D eigenvalue weighted by Gasteiger charge is -2.18. The summed E-state index contributed by atoms with van der Waals surface area (Å²) in [4.78, 5) is 21.7. The van der Waals surface area contributed by atoms with E-state index >= 15 is 0 Å². The van der Waals surface area contributed by atoms with Crippen molar-refractivity contribution in [1.82, 2.24) is 20.2 Å². The minimum atomic E-state index is -0.530. The Morgan fingerprint density at radius 2 is 2.03 bits per heavy atom. The summed E-state index contributed by atoms with van der Waals surface area (Å²) in [6.45, 7) is 5.18. The molecule has 0 spiro atoms. The third-order valence-electron chi connectivity index (χ3n) is 6.26. The number of aryl methyl sites for hydroxylation is 1. The highest BCUT2D eigenvalue weighted by atomic mass is 19.1. The van der Waals surface area contributed by atoms with Gasteiger partial charge in [0.25, 0.3) is 5.91 Å². The number of likely N-dealkylation sites (tertiary alicyclic amines) is 1. The fourth-order valence-electron chi connectivity index (χ4n) is 4.62. The molecule has 0 bridgehead atoms. The average Bonchev–Trinajstić information content (AvgIpc) is 3.45. The number of amides is 1. The second kappa shape index (κ2) is 7.77. The minimum Gasteiger partial charge on any atom is -0.453 e. The molecule has 2 aliphatic heterocycles. The molecular formula is C23H24FN5O2. The first-order chi connectivity index (χ1) is 15.0. The zero-order chi connectivity index (χ0) is 21.5. The summed E-state index contributed by atoms with van der Waals surface area (Å²) in [5.74, 6) is 0.791. The van der Waals surface area contributed by atoms with E-state index in [0.717, 1.165) is 24.0 Å². The van der Waals surface area contributed by atoms with E-state index in [1.165, 1.54) is 6.07 Å². The first kappa shape index (κ1) is 19.7. The molecule has 4 heterocycles. The van der Waals surface area contributed by atoms with Crippen LogP contribution in [0.4, 0.5) is 4.39 Å². The summed E-state index contributed by atoms with van der Waals surface area (Å²) >= 11 is 0. The molecule has 3 N–H and O–H groups in total. The number of pyridine rings is 1. The summed E-state index contributed by atoms with van der Waals surface area (Å²) in [5.41, 5.74) is 2.20. The van der Waals surface area contributed by atoms with E-state index in [9.17, 15) is 9.18 Å². The summed E-state index contributed by atoms with van der Waals surface area (Å²) in [7, 11) is 0. The predicted molar refractivity (Wildman–Crippen MR) is 115 cm³/mol. The lowest BCUT2D eigenvalue weighted by Crippen LogP contribution is -2.37. The van der Waals surface area contributed by atoms with Crippen LogP contribution in [0, 0.1) is 30.0 Å². The molecule has 1 aromatic carbocycles. The van der Waals surface area contributed by atoms with Gasteiger partial charge in [0.05, 0.1) is 5.39 Å². The number of nitrogens with one attached hydrogen (secondary N) is 3. The van der Waals surface area contributed by atoms with Crippen LogP contribution in [-0.4, -0.2) is 52.7 Å². The van der Waals surface area contributed by atoms with Crippen molar-refractivity contribution in [2.24, 2.45) is 11.8 Å². The topological polar surface area (TPSA) is 94.1 Å². The van der Waals surface area contributed by atoms with Gasteiger partial charge in [0, 0.05) is 45.0 Å². The van der Waals surface area contributed by atoms with Gasteiger partial charge in [0.2, 0.25) is 0 Å². The fraction of sp³-hybridized carbons (Fsp3) is 0.348. The molecule has 2 fully saturated rings. The van der Waals surface area contributed by atoms with Crippen LogP contribution < -0.4 is 10.1 Å². The number of carbonyl (C=O) groups is 1. The molecule has 31 heavy (non-hydrogen) atoms. The molecule has 5 rings (SSSR count). The van der Waals surface area contributed by atoms with Crippen molar-refractivity contribution in [1.29, 1.82) is 5.41 Å². The molecule has 0 aliphatic carbocycles. The second-order valence-electron chi connectivity index (χ2n) is 8.42. The van der Waals surface area contributed by atoms with Crippen LogP contribution in [0.2, 0.25) is 0 Å². The van der Waals surface area contributed by atoms with Crippen molar-refractivity contribution >= 4 is 22.7 Å². The maximum absolute atomic E-state index is 14.7. The highest BCUT2D eigenvalue weighted by Gasteiger charge is 2.38. The standard InChI is InChI=1S/C23H24FN5O2/c1-13-8-28-22-21(13)20(4-5-27-22)31-19-3-2-14(6-17(19)24)7-18(25)23(30)29-11-15-9-26-10-16(15)12-29/h2-6,8,15-16,25-26H,7,9-12H2,1H3,(H,27,28)/t15-,16+. The Morgan fingerprint density at radius 3 is 2.77 bits per heavy atom. The Balaban J connectivity index is 1.27. The highest BCUT2D eigenvalue weighted by Crippen LogP contribution is 2.32. The quantitative estimate of drug-likeness (QED) is 0.552. The first-order valence-electron chi connectivity index (χ1n) is 10.5. The van der Waals surface area contributed by atoms with E-state index in [2.05, 4.69) is 15.3 Å². The number of aromatic amines is 1. The molecule has 160 valence electrons. The fourth-order valence-corrected chi connectivity index (χ4v) is 4.62. The molecule has 0 saturated carbocycles. The van der Waals surface area contributed by atoms with Gasteiger partial charge >= 0.3 is 0 Å². The molecule has 0 radical (unpaired) electrons. The number of fused-ring (bicyclic) bond motifs is 2. The number of ether oxygens (including phenoxy) is 1. The van der Waals surface area contributed by atoms with Crippen molar-refractivity contribution in [3.8, 4) is 11.5 Å². The predicted octanol–water partition coefficient (Wildman–Crippen LogP) is 3.04. The summed E-state index contributed by atoms with van der Waals surface area (Å²) in [6, 6.07) is 6.28. The van der Waals surface area contributed by atoms with Gasteiger partial charge in [0.1, 0.15) is 17.1 Å². The van der Waals surface area contributed by atoms with E-state index in [1.54, 1.807) is 29.3 Å². The lowest BCUT2D eigenvalue weighted by atomic mass is 10.0. The smallest absolute Gasteiger partial charge is 0.267 e. The minimum absolute atomic E-state index is 0.0141. The van der Waals surface area contributed by atoms with Crippen LogP contribution in [0.1, 0.15) is 11.1 Å². The van der Waals surface area contributed by atoms with Gasteiger partial charge in [-0.2, -0.15) is 0 Å². The van der Waals surface area contributed by atoms with Crippen molar-refractivity contribution in [3.63, 3.8) is 0 Å². The summed E-state index contributed by atoms with van der Waals surface area (Å²) in [6.07, 6.45) is 3.53. The first-order valence-corrected chi connectivity index (χ1v) is 10.5. The molecule has 2 aromatic heterocycles. The maximum atomic E-state index is 14.7. The van der Waals surface area contributed by atoms with Gasteiger partial charge in [0.15, 0.2) is 11.6 Å². The number of nitrogens with zero attached hydrogens (tertiary/aromatic N) is 2. The lowest BCUT2D eigenvalue weighted by molar-refractivity contribution is -0.123. The van der Waals surface area contributed by atoms with E-state index in [4.69, 9.17) is 10.1 Å². The van der Waals surface area contributed by atoms with Gasteiger partial charge in [-0.25, -0.2) is 9.37 Å². The third kappa shape index (κ3) is 3.67. The van der Waals surface area contributed by atoms with E-state index < -0.39 is 5.82 Å². The third-order valence-corrected chi connectivity index (χ3v) is 6.26. The van der Waals surface area contributed by atoms with Crippen molar-refractivity contribution in [3.05, 3.63) is 53.6 Å². The van der Waals surface area contributed by atoms with Gasteiger partial charge < -0.3 is 19.9 Å². The van der Waals surface area contributed by atoms with E-state index in [0.29, 0.717) is 41.9 Å². The number of benzene rings is 1. The van der Waals surface area contributed by atoms with Crippen LogP contribution in [-0.2, 0) is 11.2 Å². The van der Waals surface area contributed by atoms with Crippen LogP contribution in [0.3, 0.4) is 0 Å². The molecule has 3 aromatic rings. The number of aromatic nitrogens is 2. The highest BCUT2D eigenvalue weighted by molar-refractivity contribution is 6.38. The van der Waals surface area contributed by atoms with Crippen LogP contribution in [0.15, 0.2) is 36.7 Å². The van der Waals surface area contributed by atoms with Gasteiger partial charge in [-0.3, -0.25) is 10.2 Å². The van der Waals surface area contributed by atoms with Gasteiger partial charge in [-0.1, -0.05) is 6.07 Å². The normalized spacial score (nSPS) is 20.3.